The van der Waals surface area contributed by atoms with Crippen molar-refractivity contribution < 1.29 is 4.57 Å². The largest absolute Gasteiger partial charge is 0.213 e. The Bertz CT molecular complexity index is 1100. The van der Waals surface area contributed by atoms with Crippen LogP contribution in [0.15, 0.2) is 97.1 Å². The fourth-order valence-corrected chi connectivity index (χ4v) is 4.59. The van der Waals surface area contributed by atoms with Crippen LogP contribution in [-0.4, -0.2) is 0 Å². The number of aromatic nitrogens is 1. The number of hydrogen-bond donors (Lipinski definition) is 0. The third-order valence-electron chi connectivity index (χ3n) is 6.00. The van der Waals surface area contributed by atoms with E-state index in [-0.39, 0.29) is 0 Å². The molecule has 29 heavy (non-hydrogen) atoms. The summed E-state index contributed by atoms with van der Waals surface area (Å²) in [5, 5.41) is 0. The average molecular weight is 377 g/mol. The van der Waals surface area contributed by atoms with Gasteiger partial charge in [-0.1, -0.05) is 78.9 Å². The summed E-state index contributed by atoms with van der Waals surface area (Å²) in [4.78, 5) is 0. The summed E-state index contributed by atoms with van der Waals surface area (Å²) in [6, 6.07) is 35.0. The standard InChI is InChI=1S/C28H26N/c1-4-12-22(13-5-1)21-29-27-19-11-10-18-25(27)26(23-14-6-2-7-15-23)20-28(29)24-16-8-3-9-17-24/h1-9,12-17,20H,10-11,18-19,21H2/q+1. The van der Waals surface area contributed by atoms with E-state index in [1.165, 1.54) is 58.5 Å². The zero-order chi connectivity index (χ0) is 19.5. The van der Waals surface area contributed by atoms with Crippen molar-refractivity contribution in [2.45, 2.75) is 32.2 Å². The van der Waals surface area contributed by atoms with Gasteiger partial charge in [0.15, 0.2) is 12.2 Å². The minimum absolute atomic E-state index is 0.919. The van der Waals surface area contributed by atoms with Gasteiger partial charge in [0.05, 0.1) is 0 Å². The molecule has 5 rings (SSSR count). The summed E-state index contributed by atoms with van der Waals surface area (Å²) in [6.07, 6.45) is 4.88. The lowest BCUT2D eigenvalue weighted by Crippen LogP contribution is -2.43. The van der Waals surface area contributed by atoms with Gasteiger partial charge < -0.3 is 0 Å². The molecule has 0 fully saturated rings. The molecule has 1 aliphatic carbocycles. The lowest BCUT2D eigenvalue weighted by Gasteiger charge is -2.21. The van der Waals surface area contributed by atoms with Crippen LogP contribution in [0.4, 0.5) is 0 Å². The van der Waals surface area contributed by atoms with Gasteiger partial charge in [0.25, 0.3) is 0 Å². The van der Waals surface area contributed by atoms with Crippen molar-refractivity contribution >= 4 is 0 Å². The van der Waals surface area contributed by atoms with Crippen LogP contribution in [0.25, 0.3) is 22.4 Å². The van der Waals surface area contributed by atoms with Crippen molar-refractivity contribution in [1.29, 1.82) is 0 Å². The second kappa shape index (κ2) is 8.05. The number of benzene rings is 3. The van der Waals surface area contributed by atoms with Crippen LogP contribution in [-0.2, 0) is 19.4 Å². The van der Waals surface area contributed by atoms with Crippen LogP contribution in [0.1, 0.15) is 29.7 Å². The van der Waals surface area contributed by atoms with E-state index in [0.717, 1.165) is 13.0 Å². The fraction of sp³-hybridized carbons (Fsp3) is 0.179. The zero-order valence-electron chi connectivity index (χ0n) is 16.7. The molecule has 0 saturated carbocycles. The van der Waals surface area contributed by atoms with Crippen LogP contribution in [0.2, 0.25) is 0 Å². The number of hydrogen-bond acceptors (Lipinski definition) is 0. The zero-order valence-corrected chi connectivity index (χ0v) is 16.7. The molecule has 4 aromatic rings. The first-order valence-electron chi connectivity index (χ1n) is 10.6. The molecule has 0 radical (unpaired) electrons. The highest BCUT2D eigenvalue weighted by Gasteiger charge is 2.28. The summed E-state index contributed by atoms with van der Waals surface area (Å²) >= 11 is 0. The van der Waals surface area contributed by atoms with Gasteiger partial charge in [-0.05, 0) is 42.5 Å². The van der Waals surface area contributed by atoms with E-state index in [2.05, 4.69) is 102 Å². The molecule has 0 atom stereocenters. The van der Waals surface area contributed by atoms with Gasteiger partial charge in [-0.15, -0.1) is 0 Å². The van der Waals surface area contributed by atoms with Crippen molar-refractivity contribution in [2.75, 3.05) is 0 Å². The maximum absolute atomic E-state index is 2.58. The Kier molecular flexibility index (Phi) is 4.96. The maximum Gasteiger partial charge on any atom is 0.213 e. The van der Waals surface area contributed by atoms with E-state index in [4.69, 9.17) is 0 Å². The van der Waals surface area contributed by atoms with Crippen LogP contribution in [0.5, 0.6) is 0 Å². The highest BCUT2D eigenvalue weighted by atomic mass is 15.0. The molecule has 0 amide bonds. The van der Waals surface area contributed by atoms with Crippen LogP contribution < -0.4 is 4.57 Å². The summed E-state index contributed by atoms with van der Waals surface area (Å²) in [6.45, 7) is 0.919. The molecule has 1 nitrogen and oxygen atoms in total. The number of pyridine rings is 1. The summed E-state index contributed by atoms with van der Waals surface area (Å²) in [5.74, 6) is 0. The van der Waals surface area contributed by atoms with E-state index in [1.807, 2.05) is 0 Å². The Balaban J connectivity index is 1.76. The molecule has 0 unspecified atom stereocenters. The molecule has 0 aliphatic heterocycles. The van der Waals surface area contributed by atoms with E-state index in [0.29, 0.717) is 0 Å². The SMILES string of the molecule is c1ccc(C[n+]2c(-c3ccccc3)cc(-c3ccccc3)c3c2CCCC3)cc1. The minimum Gasteiger partial charge on any atom is -0.191 e. The Morgan fingerprint density at radius 1 is 0.621 bits per heavy atom. The summed E-state index contributed by atoms with van der Waals surface area (Å²) in [5.41, 5.74) is 9.74. The van der Waals surface area contributed by atoms with Gasteiger partial charge in [0.2, 0.25) is 5.69 Å². The molecule has 0 spiro atoms. The highest BCUT2D eigenvalue weighted by molar-refractivity contribution is 5.72. The molecule has 3 aromatic carbocycles. The van der Waals surface area contributed by atoms with Crippen LogP contribution >= 0.6 is 0 Å². The predicted molar refractivity (Wildman–Crippen MR) is 120 cm³/mol. The topological polar surface area (TPSA) is 3.88 Å². The normalized spacial score (nSPS) is 13.1. The summed E-state index contributed by atoms with van der Waals surface area (Å²) < 4.78 is 2.58. The molecular weight excluding hydrogens is 350 g/mol. The van der Waals surface area contributed by atoms with Crippen molar-refractivity contribution in [3.8, 4) is 22.4 Å². The first kappa shape index (κ1) is 17.9. The lowest BCUT2D eigenvalue weighted by molar-refractivity contribution is -0.685. The van der Waals surface area contributed by atoms with Crippen molar-refractivity contribution in [3.05, 3.63) is 114 Å². The Hall–Kier alpha value is -3.19. The maximum atomic E-state index is 2.58. The predicted octanol–water partition coefficient (Wildman–Crippen LogP) is 6.24. The van der Waals surface area contributed by atoms with E-state index in [9.17, 15) is 0 Å². The summed E-state index contributed by atoms with van der Waals surface area (Å²) in [7, 11) is 0. The monoisotopic (exact) mass is 376 g/mol. The number of fused-ring (bicyclic) bond motifs is 1. The lowest BCUT2D eigenvalue weighted by atomic mass is 9.87. The quantitative estimate of drug-likeness (QED) is 0.371. The van der Waals surface area contributed by atoms with Gasteiger partial charge in [-0.2, -0.15) is 4.57 Å². The third kappa shape index (κ3) is 3.61. The Morgan fingerprint density at radius 2 is 1.21 bits per heavy atom. The molecule has 0 bridgehead atoms. The smallest absolute Gasteiger partial charge is 0.191 e. The van der Waals surface area contributed by atoms with Gasteiger partial charge >= 0.3 is 0 Å². The second-order valence-electron chi connectivity index (χ2n) is 7.88. The third-order valence-corrected chi connectivity index (χ3v) is 6.00. The van der Waals surface area contributed by atoms with Gasteiger partial charge in [-0.3, -0.25) is 0 Å². The molecule has 1 heterocycles. The first-order valence-corrected chi connectivity index (χ1v) is 10.6. The Labute approximate surface area is 173 Å². The molecule has 0 N–H and O–H groups in total. The molecule has 0 saturated heterocycles. The van der Waals surface area contributed by atoms with Crippen molar-refractivity contribution in [3.63, 3.8) is 0 Å². The van der Waals surface area contributed by atoms with Crippen LogP contribution in [0.3, 0.4) is 0 Å². The van der Waals surface area contributed by atoms with Gasteiger partial charge in [0, 0.05) is 29.2 Å². The molecular formula is C28H26N+. The van der Waals surface area contributed by atoms with Crippen LogP contribution in [0, 0.1) is 0 Å². The number of nitrogens with zero attached hydrogens (tertiary/aromatic N) is 1. The van der Waals surface area contributed by atoms with Gasteiger partial charge in [-0.25, -0.2) is 0 Å². The first-order chi connectivity index (χ1) is 14.4. The molecule has 1 aromatic heterocycles. The molecule has 1 heteroatoms. The number of rotatable bonds is 4. The van der Waals surface area contributed by atoms with Crippen molar-refractivity contribution in [2.24, 2.45) is 0 Å². The van der Waals surface area contributed by atoms with Gasteiger partial charge in [0.1, 0.15) is 0 Å². The average Bonchev–Trinajstić information content (AvgIpc) is 2.81. The highest BCUT2D eigenvalue weighted by Crippen LogP contribution is 2.33. The van der Waals surface area contributed by atoms with E-state index in [1.54, 1.807) is 0 Å². The van der Waals surface area contributed by atoms with Crippen molar-refractivity contribution in [1.82, 2.24) is 0 Å². The Morgan fingerprint density at radius 3 is 1.90 bits per heavy atom. The second-order valence-corrected chi connectivity index (χ2v) is 7.88. The minimum atomic E-state index is 0.919. The molecule has 1 aliphatic rings. The van der Waals surface area contributed by atoms with E-state index < -0.39 is 0 Å². The van der Waals surface area contributed by atoms with E-state index >= 15 is 0 Å². The molecule has 142 valence electrons. The fourth-order valence-electron chi connectivity index (χ4n) is 4.59.